The van der Waals surface area contributed by atoms with Crippen LogP contribution in [0.15, 0.2) is 41.4 Å². The number of hydrogen-bond donors (Lipinski definition) is 0. The van der Waals surface area contributed by atoms with Gasteiger partial charge in [-0.1, -0.05) is 29.5 Å². The summed E-state index contributed by atoms with van der Waals surface area (Å²) in [6.07, 6.45) is 0.270. The number of methoxy groups -OCH3 is 1. The van der Waals surface area contributed by atoms with Crippen LogP contribution in [0.5, 0.6) is 0 Å². The van der Waals surface area contributed by atoms with Gasteiger partial charge in [0, 0.05) is 6.54 Å². The smallest absolute Gasteiger partial charge is 0.337 e. The average Bonchev–Trinajstić information content (AvgIpc) is 2.99. The number of rotatable bonds is 4. The number of amides is 1. The van der Waals surface area contributed by atoms with Gasteiger partial charge in [0.15, 0.2) is 4.80 Å². The quantitative estimate of drug-likeness (QED) is 0.645. The van der Waals surface area contributed by atoms with Crippen molar-refractivity contribution in [3.63, 3.8) is 0 Å². The zero-order chi connectivity index (χ0) is 19.6. The third kappa shape index (κ3) is 4.01. The second kappa shape index (κ2) is 7.88. The third-order valence-corrected chi connectivity index (χ3v) is 5.61. The SMILES string of the molecule is CCn1c(=NC(=O)Cc2ccc(C)c(C)c2)sc2cc(C(=O)OC)ccc21. The topological polar surface area (TPSA) is 60.7 Å². The van der Waals surface area contributed by atoms with Crippen LogP contribution in [0, 0.1) is 13.8 Å². The van der Waals surface area contributed by atoms with E-state index in [9.17, 15) is 9.59 Å². The van der Waals surface area contributed by atoms with E-state index >= 15 is 0 Å². The summed E-state index contributed by atoms with van der Waals surface area (Å²) >= 11 is 1.40. The van der Waals surface area contributed by atoms with Crippen molar-refractivity contribution in [1.29, 1.82) is 0 Å². The van der Waals surface area contributed by atoms with E-state index in [1.54, 1.807) is 12.1 Å². The number of fused-ring (bicyclic) bond motifs is 1. The minimum Gasteiger partial charge on any atom is -0.465 e. The maximum atomic E-state index is 12.5. The van der Waals surface area contributed by atoms with Gasteiger partial charge < -0.3 is 9.30 Å². The van der Waals surface area contributed by atoms with Gasteiger partial charge in [-0.05, 0) is 55.7 Å². The molecule has 6 heteroatoms. The van der Waals surface area contributed by atoms with Gasteiger partial charge in [-0.2, -0.15) is 4.99 Å². The predicted octanol–water partition coefficient (Wildman–Crippen LogP) is 3.80. The van der Waals surface area contributed by atoms with Gasteiger partial charge in [-0.25, -0.2) is 4.79 Å². The molecule has 3 rings (SSSR count). The van der Waals surface area contributed by atoms with E-state index in [2.05, 4.69) is 11.9 Å². The predicted molar refractivity (Wildman–Crippen MR) is 107 cm³/mol. The number of nitrogens with zero attached hydrogens (tertiary/aromatic N) is 2. The number of hydrogen-bond acceptors (Lipinski definition) is 4. The standard InChI is InChI=1S/C21H22N2O3S/c1-5-23-17-9-8-16(20(25)26-4)12-18(17)27-21(23)22-19(24)11-15-7-6-13(2)14(3)10-15/h6-10,12H,5,11H2,1-4H3. The number of benzene rings is 2. The summed E-state index contributed by atoms with van der Waals surface area (Å²) in [6, 6.07) is 11.4. The lowest BCUT2D eigenvalue weighted by Crippen LogP contribution is -2.16. The fourth-order valence-corrected chi connectivity index (χ4v) is 4.09. The molecule has 140 valence electrons. The summed E-state index contributed by atoms with van der Waals surface area (Å²) < 4.78 is 7.66. The molecule has 0 aliphatic heterocycles. The Labute approximate surface area is 161 Å². The maximum absolute atomic E-state index is 12.5. The van der Waals surface area contributed by atoms with Crippen molar-refractivity contribution in [3.8, 4) is 0 Å². The molecule has 1 aromatic heterocycles. The first-order valence-electron chi connectivity index (χ1n) is 8.78. The van der Waals surface area contributed by atoms with Gasteiger partial charge in [0.1, 0.15) is 0 Å². The number of esters is 1. The third-order valence-electron chi connectivity index (χ3n) is 4.57. The van der Waals surface area contributed by atoms with Gasteiger partial charge >= 0.3 is 5.97 Å². The van der Waals surface area contributed by atoms with Crippen molar-refractivity contribution in [2.24, 2.45) is 4.99 Å². The van der Waals surface area contributed by atoms with E-state index in [0.717, 1.165) is 15.8 Å². The van der Waals surface area contributed by atoms with Gasteiger partial charge in [0.05, 0.1) is 29.3 Å². The van der Waals surface area contributed by atoms with Crippen LogP contribution in [-0.4, -0.2) is 23.6 Å². The maximum Gasteiger partial charge on any atom is 0.337 e. The van der Waals surface area contributed by atoms with Crippen LogP contribution < -0.4 is 4.80 Å². The van der Waals surface area contributed by atoms with Gasteiger partial charge in [-0.15, -0.1) is 0 Å². The van der Waals surface area contributed by atoms with Crippen molar-refractivity contribution in [1.82, 2.24) is 4.57 Å². The Balaban J connectivity index is 1.97. The Kier molecular flexibility index (Phi) is 5.56. The van der Waals surface area contributed by atoms with Crippen LogP contribution in [0.1, 0.15) is 34.0 Å². The highest BCUT2D eigenvalue weighted by atomic mass is 32.1. The highest BCUT2D eigenvalue weighted by molar-refractivity contribution is 7.16. The molecular weight excluding hydrogens is 360 g/mol. The molecule has 3 aromatic rings. The molecule has 2 aromatic carbocycles. The van der Waals surface area contributed by atoms with Crippen molar-refractivity contribution in [3.05, 3.63) is 63.5 Å². The van der Waals surface area contributed by atoms with Gasteiger partial charge in [0.25, 0.3) is 5.91 Å². The van der Waals surface area contributed by atoms with E-state index in [4.69, 9.17) is 4.74 Å². The summed E-state index contributed by atoms with van der Waals surface area (Å²) in [7, 11) is 1.36. The highest BCUT2D eigenvalue weighted by Gasteiger charge is 2.11. The van der Waals surface area contributed by atoms with Crippen LogP contribution >= 0.6 is 11.3 Å². The Morgan fingerprint density at radius 2 is 1.89 bits per heavy atom. The second-order valence-corrected chi connectivity index (χ2v) is 7.41. The largest absolute Gasteiger partial charge is 0.465 e. The molecule has 0 fully saturated rings. The fourth-order valence-electron chi connectivity index (χ4n) is 2.94. The van der Waals surface area contributed by atoms with Crippen molar-refractivity contribution < 1.29 is 14.3 Å². The molecule has 27 heavy (non-hydrogen) atoms. The Bertz CT molecular complexity index is 1090. The molecule has 5 nitrogen and oxygen atoms in total. The minimum atomic E-state index is -0.377. The van der Waals surface area contributed by atoms with E-state index in [0.29, 0.717) is 16.9 Å². The summed E-state index contributed by atoms with van der Waals surface area (Å²) in [5.41, 5.74) is 4.78. The van der Waals surface area contributed by atoms with Crippen molar-refractivity contribution in [2.45, 2.75) is 33.7 Å². The minimum absolute atomic E-state index is 0.180. The second-order valence-electron chi connectivity index (χ2n) is 6.40. The average molecular weight is 382 g/mol. The van der Waals surface area contributed by atoms with Crippen LogP contribution in [0.2, 0.25) is 0 Å². The Hall–Kier alpha value is -2.73. The number of carbonyl (C=O) groups is 2. The number of aromatic nitrogens is 1. The number of ether oxygens (including phenoxy) is 1. The number of carbonyl (C=O) groups excluding carboxylic acids is 2. The zero-order valence-electron chi connectivity index (χ0n) is 15.9. The van der Waals surface area contributed by atoms with Crippen molar-refractivity contribution >= 4 is 33.4 Å². The van der Waals surface area contributed by atoms with E-state index in [1.807, 2.05) is 42.7 Å². The first-order chi connectivity index (χ1) is 12.9. The molecule has 0 N–H and O–H groups in total. The highest BCUT2D eigenvalue weighted by Crippen LogP contribution is 2.20. The van der Waals surface area contributed by atoms with Crippen LogP contribution in [-0.2, 0) is 22.5 Å². The first-order valence-corrected chi connectivity index (χ1v) is 9.60. The summed E-state index contributed by atoms with van der Waals surface area (Å²) in [5.74, 6) is -0.558. The van der Waals surface area contributed by atoms with Gasteiger partial charge in [0.2, 0.25) is 0 Å². The molecule has 1 amide bonds. The first kappa shape index (κ1) is 19.0. The van der Waals surface area contributed by atoms with Crippen LogP contribution in [0.25, 0.3) is 10.2 Å². The molecule has 0 atom stereocenters. The monoisotopic (exact) mass is 382 g/mol. The lowest BCUT2D eigenvalue weighted by molar-refractivity contribution is -0.117. The fraction of sp³-hybridized carbons (Fsp3) is 0.286. The molecule has 0 bridgehead atoms. The lowest BCUT2D eigenvalue weighted by Gasteiger charge is -2.03. The molecule has 1 heterocycles. The van der Waals surface area contributed by atoms with E-state index < -0.39 is 0 Å². The molecule has 0 radical (unpaired) electrons. The Morgan fingerprint density at radius 3 is 2.56 bits per heavy atom. The molecule has 0 aliphatic rings. The number of aryl methyl sites for hydroxylation is 3. The molecular formula is C21H22N2O3S. The lowest BCUT2D eigenvalue weighted by atomic mass is 10.0. The summed E-state index contributed by atoms with van der Waals surface area (Å²) in [4.78, 5) is 29.2. The summed E-state index contributed by atoms with van der Waals surface area (Å²) in [6.45, 7) is 6.78. The van der Waals surface area contributed by atoms with Crippen LogP contribution in [0.3, 0.4) is 0 Å². The number of thiazole rings is 1. The van der Waals surface area contributed by atoms with Crippen molar-refractivity contribution in [2.75, 3.05) is 7.11 Å². The van der Waals surface area contributed by atoms with E-state index in [1.165, 1.54) is 29.6 Å². The van der Waals surface area contributed by atoms with Gasteiger partial charge in [-0.3, -0.25) is 4.79 Å². The molecule has 0 unspecified atom stereocenters. The summed E-state index contributed by atoms with van der Waals surface area (Å²) in [5, 5.41) is 0. The van der Waals surface area contributed by atoms with Crippen LogP contribution in [0.4, 0.5) is 0 Å². The molecule has 0 spiro atoms. The molecule has 0 saturated heterocycles. The Morgan fingerprint density at radius 1 is 1.11 bits per heavy atom. The van der Waals surface area contributed by atoms with E-state index in [-0.39, 0.29) is 18.3 Å². The zero-order valence-corrected chi connectivity index (χ0v) is 16.7. The molecule has 0 saturated carbocycles. The molecule has 0 aliphatic carbocycles. The normalized spacial score (nSPS) is 11.8.